The number of amides is 2. The third-order valence-corrected chi connectivity index (χ3v) is 4.38. The second-order valence-corrected chi connectivity index (χ2v) is 6.14. The van der Waals surface area contributed by atoms with Crippen LogP contribution in [-0.4, -0.2) is 28.8 Å². The zero-order valence-electron chi connectivity index (χ0n) is 11.6. The fraction of sp³-hybridized carbons (Fsp3) is 0.467. The Labute approximate surface area is 127 Å². The largest absolute Gasteiger partial charge is 0.342 e. The summed E-state index contributed by atoms with van der Waals surface area (Å²) in [5.41, 5.74) is 0.365. The van der Waals surface area contributed by atoms with Gasteiger partial charge >= 0.3 is 0 Å². The fourth-order valence-corrected chi connectivity index (χ4v) is 2.80. The monoisotopic (exact) mass is 310 g/mol. The van der Waals surface area contributed by atoms with E-state index in [1.807, 2.05) is 0 Å². The van der Waals surface area contributed by atoms with Crippen LogP contribution in [0.5, 0.6) is 0 Å². The van der Waals surface area contributed by atoms with Gasteiger partial charge in [-0.2, -0.15) is 0 Å². The highest BCUT2D eigenvalue weighted by Crippen LogP contribution is 2.35. The molecule has 3 rings (SSSR count). The van der Waals surface area contributed by atoms with Crippen LogP contribution in [0.25, 0.3) is 0 Å². The molecule has 1 saturated carbocycles. The smallest absolute Gasteiger partial charge is 0.246 e. The van der Waals surface area contributed by atoms with Gasteiger partial charge in [0.15, 0.2) is 0 Å². The van der Waals surface area contributed by atoms with Crippen molar-refractivity contribution in [2.75, 3.05) is 0 Å². The Morgan fingerprint density at radius 1 is 1.38 bits per heavy atom. The highest BCUT2D eigenvalue weighted by molar-refractivity contribution is 6.30. The third kappa shape index (κ3) is 2.75. The summed E-state index contributed by atoms with van der Waals surface area (Å²) in [6.07, 6.45) is 1.91. The van der Waals surface area contributed by atoms with E-state index in [0.29, 0.717) is 10.6 Å². The van der Waals surface area contributed by atoms with Gasteiger partial charge in [-0.3, -0.25) is 9.59 Å². The fourth-order valence-electron chi connectivity index (χ4n) is 2.64. The SMILES string of the molecule is CC1C(=O)NC(C2CC2)C(=O)N1Cc1ccc(Cl)cc1F. The second kappa shape index (κ2) is 5.30. The van der Waals surface area contributed by atoms with E-state index in [-0.39, 0.29) is 24.3 Å². The summed E-state index contributed by atoms with van der Waals surface area (Å²) < 4.78 is 13.9. The number of benzene rings is 1. The number of piperazine rings is 1. The average Bonchev–Trinajstić information content (AvgIpc) is 3.25. The number of nitrogens with zero attached hydrogens (tertiary/aromatic N) is 1. The zero-order chi connectivity index (χ0) is 15.1. The van der Waals surface area contributed by atoms with E-state index in [9.17, 15) is 14.0 Å². The van der Waals surface area contributed by atoms with Gasteiger partial charge in [-0.25, -0.2) is 4.39 Å². The van der Waals surface area contributed by atoms with Gasteiger partial charge in [0.05, 0.1) is 0 Å². The Hall–Kier alpha value is -1.62. The molecule has 0 radical (unpaired) electrons. The van der Waals surface area contributed by atoms with E-state index >= 15 is 0 Å². The van der Waals surface area contributed by atoms with Crippen molar-refractivity contribution in [3.8, 4) is 0 Å². The van der Waals surface area contributed by atoms with Crippen molar-refractivity contribution in [3.63, 3.8) is 0 Å². The highest BCUT2D eigenvalue weighted by atomic mass is 35.5. The molecule has 1 heterocycles. The minimum absolute atomic E-state index is 0.0830. The van der Waals surface area contributed by atoms with Crippen LogP contribution in [0.4, 0.5) is 4.39 Å². The van der Waals surface area contributed by atoms with Gasteiger partial charge < -0.3 is 10.2 Å². The topological polar surface area (TPSA) is 49.4 Å². The van der Waals surface area contributed by atoms with Crippen LogP contribution in [0.3, 0.4) is 0 Å². The summed E-state index contributed by atoms with van der Waals surface area (Å²) in [7, 11) is 0. The molecular formula is C15H16ClFN2O2. The first-order valence-electron chi connectivity index (χ1n) is 7.02. The lowest BCUT2D eigenvalue weighted by molar-refractivity contribution is -0.150. The number of halogens is 2. The number of carbonyl (C=O) groups excluding carboxylic acids is 2. The molecule has 4 nitrogen and oxygen atoms in total. The van der Waals surface area contributed by atoms with Gasteiger partial charge in [0.2, 0.25) is 11.8 Å². The minimum Gasteiger partial charge on any atom is -0.342 e. The molecule has 6 heteroatoms. The molecule has 0 spiro atoms. The summed E-state index contributed by atoms with van der Waals surface area (Å²) in [6.45, 7) is 1.74. The molecule has 21 heavy (non-hydrogen) atoms. The molecule has 1 aromatic rings. The molecule has 2 fully saturated rings. The minimum atomic E-state index is -0.595. The lowest BCUT2D eigenvalue weighted by Crippen LogP contribution is -2.62. The summed E-state index contributed by atoms with van der Waals surface area (Å²) in [5.74, 6) is -0.539. The molecule has 0 aromatic heterocycles. The molecule has 0 bridgehead atoms. The Balaban J connectivity index is 1.84. The van der Waals surface area contributed by atoms with Crippen molar-refractivity contribution in [1.82, 2.24) is 10.2 Å². The Morgan fingerprint density at radius 3 is 2.71 bits per heavy atom. The molecular weight excluding hydrogens is 295 g/mol. The van der Waals surface area contributed by atoms with Gasteiger partial charge in [-0.15, -0.1) is 0 Å². The maximum atomic E-state index is 13.9. The molecule has 1 N–H and O–H groups in total. The van der Waals surface area contributed by atoms with Crippen LogP contribution < -0.4 is 5.32 Å². The van der Waals surface area contributed by atoms with Crippen LogP contribution in [-0.2, 0) is 16.1 Å². The normalized spacial score (nSPS) is 26.0. The first-order valence-corrected chi connectivity index (χ1v) is 7.40. The predicted molar refractivity (Wildman–Crippen MR) is 76.1 cm³/mol. The predicted octanol–water partition coefficient (Wildman–Crippen LogP) is 2.10. The van der Waals surface area contributed by atoms with Gasteiger partial charge in [-0.1, -0.05) is 17.7 Å². The first-order chi connectivity index (χ1) is 9.97. The lowest BCUT2D eigenvalue weighted by atomic mass is 10.0. The van der Waals surface area contributed by atoms with Crippen molar-refractivity contribution in [1.29, 1.82) is 0 Å². The molecule has 112 valence electrons. The molecule has 1 aliphatic heterocycles. The van der Waals surface area contributed by atoms with Crippen molar-refractivity contribution < 1.29 is 14.0 Å². The number of hydrogen-bond donors (Lipinski definition) is 1. The van der Waals surface area contributed by atoms with E-state index in [4.69, 9.17) is 11.6 Å². The van der Waals surface area contributed by atoms with Gasteiger partial charge in [-0.05, 0) is 37.8 Å². The lowest BCUT2D eigenvalue weighted by Gasteiger charge is -2.37. The summed E-state index contributed by atoms with van der Waals surface area (Å²) >= 11 is 5.73. The van der Waals surface area contributed by atoms with Gasteiger partial charge in [0.1, 0.15) is 17.9 Å². The van der Waals surface area contributed by atoms with Crippen LogP contribution in [0.1, 0.15) is 25.3 Å². The number of carbonyl (C=O) groups is 2. The van der Waals surface area contributed by atoms with E-state index in [1.54, 1.807) is 19.1 Å². The Bertz CT molecular complexity index is 603. The molecule has 2 amide bonds. The van der Waals surface area contributed by atoms with Crippen LogP contribution in [0, 0.1) is 11.7 Å². The molecule has 2 unspecified atom stereocenters. The van der Waals surface area contributed by atoms with E-state index in [2.05, 4.69) is 5.32 Å². The first kappa shape index (κ1) is 14.3. The number of hydrogen-bond acceptors (Lipinski definition) is 2. The molecule has 1 saturated heterocycles. The Morgan fingerprint density at radius 2 is 2.10 bits per heavy atom. The molecule has 1 aromatic carbocycles. The van der Waals surface area contributed by atoms with Crippen LogP contribution in [0.2, 0.25) is 5.02 Å². The van der Waals surface area contributed by atoms with Crippen molar-refractivity contribution >= 4 is 23.4 Å². The van der Waals surface area contributed by atoms with Gasteiger partial charge in [0, 0.05) is 17.1 Å². The Kier molecular flexibility index (Phi) is 3.61. The van der Waals surface area contributed by atoms with Crippen molar-refractivity contribution in [2.24, 2.45) is 5.92 Å². The maximum Gasteiger partial charge on any atom is 0.246 e. The summed E-state index contributed by atoms with van der Waals surface area (Å²) in [4.78, 5) is 26.0. The van der Waals surface area contributed by atoms with Crippen molar-refractivity contribution in [3.05, 3.63) is 34.6 Å². The third-order valence-electron chi connectivity index (χ3n) is 4.14. The standard InChI is InChI=1S/C15H16ClFN2O2/c1-8-14(20)18-13(9-2-3-9)15(21)19(8)7-10-4-5-11(16)6-12(10)17/h4-6,8-9,13H,2-3,7H2,1H3,(H,18,20). The molecule has 1 aliphatic carbocycles. The molecule has 2 aliphatic rings. The van der Waals surface area contributed by atoms with E-state index < -0.39 is 17.9 Å². The van der Waals surface area contributed by atoms with Crippen molar-refractivity contribution in [2.45, 2.75) is 38.4 Å². The van der Waals surface area contributed by atoms with Gasteiger partial charge in [0.25, 0.3) is 0 Å². The van der Waals surface area contributed by atoms with Crippen LogP contribution >= 0.6 is 11.6 Å². The molecule has 2 atom stereocenters. The van der Waals surface area contributed by atoms with E-state index in [1.165, 1.54) is 11.0 Å². The quantitative estimate of drug-likeness (QED) is 0.929. The summed E-state index contributed by atoms with van der Waals surface area (Å²) in [6, 6.07) is 3.30. The zero-order valence-corrected chi connectivity index (χ0v) is 12.4. The summed E-state index contributed by atoms with van der Waals surface area (Å²) in [5, 5.41) is 3.08. The second-order valence-electron chi connectivity index (χ2n) is 5.70. The number of rotatable bonds is 3. The van der Waals surface area contributed by atoms with Crippen LogP contribution in [0.15, 0.2) is 18.2 Å². The highest BCUT2D eigenvalue weighted by Gasteiger charge is 2.45. The average molecular weight is 311 g/mol. The maximum absolute atomic E-state index is 13.9. The number of nitrogens with one attached hydrogen (secondary N) is 1. The van der Waals surface area contributed by atoms with E-state index in [0.717, 1.165) is 12.8 Å².